The number of rotatable bonds is 15. The van der Waals surface area contributed by atoms with E-state index in [0.29, 0.717) is 5.76 Å². The Kier molecular flexibility index (Phi) is 11.3. The Bertz CT molecular complexity index is 493. The molecule has 0 heterocycles. The first-order valence-electron chi connectivity index (χ1n) is 8.76. The van der Waals surface area contributed by atoms with E-state index >= 15 is 0 Å². The van der Waals surface area contributed by atoms with E-state index in [1.807, 2.05) is 30.3 Å². The van der Waals surface area contributed by atoms with Crippen LogP contribution in [0.2, 0.25) is 0 Å². The van der Waals surface area contributed by atoms with Crippen molar-refractivity contribution in [2.24, 2.45) is 0 Å². The van der Waals surface area contributed by atoms with Crippen LogP contribution >= 0.6 is 0 Å². The minimum Gasteiger partial charge on any atom is -0.481 e. The van der Waals surface area contributed by atoms with Gasteiger partial charge >= 0.3 is 5.97 Å². The predicted octanol–water partition coefficient (Wildman–Crippen LogP) is 3.73. The molecule has 0 fully saturated rings. The van der Waals surface area contributed by atoms with E-state index in [0.717, 1.165) is 50.6 Å². The first kappa shape index (κ1) is 21.2. The fourth-order valence-electron chi connectivity index (χ4n) is 2.44. The van der Waals surface area contributed by atoms with Gasteiger partial charge in [0.25, 0.3) is 0 Å². The molecule has 0 aromatic heterocycles. The van der Waals surface area contributed by atoms with E-state index in [9.17, 15) is 4.79 Å². The van der Waals surface area contributed by atoms with Crippen molar-refractivity contribution in [3.05, 3.63) is 48.2 Å². The number of hydrogen-bond acceptors (Lipinski definition) is 5. The van der Waals surface area contributed by atoms with Crippen molar-refractivity contribution in [1.29, 1.82) is 0 Å². The highest BCUT2D eigenvalue weighted by Crippen LogP contribution is 2.18. The van der Waals surface area contributed by atoms with Gasteiger partial charge in [-0.25, -0.2) is 5.48 Å². The van der Waals surface area contributed by atoms with E-state index < -0.39 is 12.0 Å². The number of hydrogen-bond donors (Lipinski definition) is 3. The standard InChI is InChI=1S/C19H30N2O4/c1-16(11-7-4-3-5-10-14-20-24-2)25-21-18(15-19(22)23)17-12-8-6-9-13-17/h6,8-9,12-13,18,20-21H,1,3-5,7,10-11,14-15H2,2H3,(H,22,23). The third kappa shape index (κ3) is 10.6. The number of hydroxylamine groups is 2. The molecule has 3 N–H and O–H groups in total. The van der Waals surface area contributed by atoms with Crippen LogP contribution in [0.5, 0.6) is 0 Å². The number of allylic oxidation sites excluding steroid dienone is 1. The summed E-state index contributed by atoms with van der Waals surface area (Å²) in [6, 6.07) is 9.01. The number of unbranched alkanes of at least 4 members (excludes halogenated alkanes) is 4. The summed E-state index contributed by atoms with van der Waals surface area (Å²) in [7, 11) is 1.62. The van der Waals surface area contributed by atoms with Crippen molar-refractivity contribution in [2.75, 3.05) is 13.7 Å². The van der Waals surface area contributed by atoms with Gasteiger partial charge in [-0.2, -0.15) is 0 Å². The van der Waals surface area contributed by atoms with E-state index in [1.54, 1.807) is 7.11 Å². The first-order valence-corrected chi connectivity index (χ1v) is 8.76. The van der Waals surface area contributed by atoms with Gasteiger partial charge in [0, 0.05) is 13.0 Å². The SMILES string of the molecule is C=C(CCCCCCCNOC)ONC(CC(=O)O)c1ccccc1. The summed E-state index contributed by atoms with van der Waals surface area (Å²) >= 11 is 0. The van der Waals surface area contributed by atoms with Crippen molar-refractivity contribution in [3.63, 3.8) is 0 Å². The number of carboxylic acids is 1. The van der Waals surface area contributed by atoms with Gasteiger partial charge in [-0.3, -0.25) is 4.79 Å². The molecule has 0 amide bonds. The fourth-order valence-corrected chi connectivity index (χ4v) is 2.44. The normalized spacial score (nSPS) is 11.9. The lowest BCUT2D eigenvalue weighted by Gasteiger charge is -2.18. The summed E-state index contributed by atoms with van der Waals surface area (Å²) < 4.78 is 0. The molecule has 1 atom stereocenters. The summed E-state index contributed by atoms with van der Waals surface area (Å²) in [6.07, 6.45) is 6.26. The van der Waals surface area contributed by atoms with Gasteiger partial charge in [0.1, 0.15) is 5.76 Å². The number of nitrogens with one attached hydrogen (secondary N) is 2. The van der Waals surface area contributed by atoms with Crippen LogP contribution < -0.4 is 11.0 Å². The first-order chi connectivity index (χ1) is 12.1. The average Bonchev–Trinajstić information content (AvgIpc) is 2.61. The summed E-state index contributed by atoms with van der Waals surface area (Å²) in [4.78, 5) is 21.3. The molecule has 0 aliphatic rings. The zero-order chi connectivity index (χ0) is 18.3. The second kappa shape index (κ2) is 13.4. The van der Waals surface area contributed by atoms with Crippen molar-refractivity contribution >= 4 is 5.97 Å². The van der Waals surface area contributed by atoms with Gasteiger partial charge in [0.2, 0.25) is 0 Å². The second-order valence-corrected chi connectivity index (χ2v) is 5.94. The minimum absolute atomic E-state index is 0.0488. The van der Waals surface area contributed by atoms with E-state index in [4.69, 9.17) is 14.8 Å². The highest BCUT2D eigenvalue weighted by atomic mass is 16.6. The molecule has 6 nitrogen and oxygen atoms in total. The Hall–Kier alpha value is -1.89. The van der Waals surface area contributed by atoms with E-state index in [-0.39, 0.29) is 6.42 Å². The maximum Gasteiger partial charge on any atom is 0.305 e. The van der Waals surface area contributed by atoms with Crippen molar-refractivity contribution in [2.45, 2.75) is 51.0 Å². The Morgan fingerprint density at radius 2 is 1.84 bits per heavy atom. The Balaban J connectivity index is 2.21. The van der Waals surface area contributed by atoms with Gasteiger partial charge in [-0.15, -0.1) is 5.48 Å². The maximum atomic E-state index is 11.0. The van der Waals surface area contributed by atoms with Gasteiger partial charge in [0.05, 0.1) is 19.6 Å². The highest BCUT2D eigenvalue weighted by Gasteiger charge is 2.16. The zero-order valence-corrected chi connectivity index (χ0v) is 15.0. The lowest BCUT2D eigenvalue weighted by Crippen LogP contribution is -2.24. The number of aliphatic carboxylic acids is 1. The van der Waals surface area contributed by atoms with Crippen LogP contribution in [-0.2, 0) is 14.5 Å². The maximum absolute atomic E-state index is 11.0. The smallest absolute Gasteiger partial charge is 0.305 e. The zero-order valence-electron chi connectivity index (χ0n) is 15.0. The monoisotopic (exact) mass is 350 g/mol. The molecule has 0 bridgehead atoms. The topological polar surface area (TPSA) is 79.8 Å². The molecule has 0 aliphatic carbocycles. The molecule has 0 spiro atoms. The van der Waals surface area contributed by atoms with Gasteiger partial charge in [-0.1, -0.05) is 56.2 Å². The van der Waals surface area contributed by atoms with Gasteiger partial charge in [-0.05, 0) is 18.4 Å². The van der Waals surface area contributed by atoms with Crippen LogP contribution in [0.3, 0.4) is 0 Å². The van der Waals surface area contributed by atoms with Crippen LogP contribution in [0, 0.1) is 0 Å². The lowest BCUT2D eigenvalue weighted by atomic mass is 10.1. The number of carboxylic acid groups (broad SMARTS) is 1. The fraction of sp³-hybridized carbons (Fsp3) is 0.526. The third-order valence-corrected chi connectivity index (χ3v) is 3.80. The Morgan fingerprint density at radius 3 is 2.52 bits per heavy atom. The lowest BCUT2D eigenvalue weighted by molar-refractivity contribution is -0.138. The minimum atomic E-state index is -0.876. The molecule has 1 aromatic rings. The summed E-state index contributed by atoms with van der Waals surface area (Å²) in [5.41, 5.74) is 6.54. The molecule has 0 saturated heterocycles. The average molecular weight is 350 g/mol. The molecule has 25 heavy (non-hydrogen) atoms. The highest BCUT2D eigenvalue weighted by molar-refractivity contribution is 5.67. The molecule has 1 rings (SSSR count). The van der Waals surface area contributed by atoms with Crippen LogP contribution in [0.15, 0.2) is 42.7 Å². The molecule has 1 unspecified atom stereocenters. The van der Waals surface area contributed by atoms with E-state index in [2.05, 4.69) is 17.5 Å². The quantitative estimate of drug-likeness (QED) is 0.254. The summed E-state index contributed by atoms with van der Waals surface area (Å²) in [5, 5.41) is 9.06. The predicted molar refractivity (Wildman–Crippen MR) is 97.5 cm³/mol. The van der Waals surface area contributed by atoms with Crippen molar-refractivity contribution in [1.82, 2.24) is 11.0 Å². The Labute approximate surface area is 150 Å². The summed E-state index contributed by atoms with van der Waals surface area (Å²) in [6.45, 7) is 4.77. The van der Waals surface area contributed by atoms with Crippen LogP contribution in [0.4, 0.5) is 0 Å². The molecular formula is C19H30N2O4. The molecule has 0 aliphatic heterocycles. The van der Waals surface area contributed by atoms with Crippen LogP contribution in [-0.4, -0.2) is 24.7 Å². The van der Waals surface area contributed by atoms with Gasteiger partial charge in [0.15, 0.2) is 0 Å². The van der Waals surface area contributed by atoms with Crippen LogP contribution in [0.25, 0.3) is 0 Å². The number of benzene rings is 1. The Morgan fingerprint density at radius 1 is 1.16 bits per heavy atom. The number of carbonyl (C=O) groups is 1. The largest absolute Gasteiger partial charge is 0.481 e. The molecular weight excluding hydrogens is 320 g/mol. The van der Waals surface area contributed by atoms with Crippen LogP contribution in [0.1, 0.15) is 56.6 Å². The van der Waals surface area contributed by atoms with E-state index in [1.165, 1.54) is 0 Å². The second-order valence-electron chi connectivity index (χ2n) is 5.94. The molecule has 140 valence electrons. The van der Waals surface area contributed by atoms with Crippen molar-refractivity contribution < 1.29 is 19.6 Å². The van der Waals surface area contributed by atoms with Crippen molar-refractivity contribution in [3.8, 4) is 0 Å². The molecule has 0 radical (unpaired) electrons. The molecule has 6 heteroatoms. The molecule has 0 saturated carbocycles. The summed E-state index contributed by atoms with van der Waals surface area (Å²) in [5.74, 6) is -0.245. The van der Waals surface area contributed by atoms with Gasteiger partial charge < -0.3 is 14.8 Å². The molecule has 1 aromatic carbocycles. The third-order valence-electron chi connectivity index (χ3n) is 3.80.